The Labute approximate surface area is 161 Å². The molecule has 0 aromatic heterocycles. The van der Waals surface area contributed by atoms with Crippen LogP contribution in [0.15, 0.2) is 84.9 Å². The molecule has 26 heavy (non-hydrogen) atoms. The van der Waals surface area contributed by atoms with Gasteiger partial charge >= 0.3 is 0 Å². The highest BCUT2D eigenvalue weighted by molar-refractivity contribution is 5.87. The van der Waals surface area contributed by atoms with Crippen molar-refractivity contribution in [2.45, 2.75) is 25.9 Å². The highest BCUT2D eigenvalue weighted by Gasteiger charge is 2.14. The number of halogens is 1. The Bertz CT molecular complexity index is 931. The maximum absolute atomic E-state index is 3.80. The van der Waals surface area contributed by atoms with Crippen LogP contribution in [0.2, 0.25) is 0 Å². The van der Waals surface area contributed by atoms with E-state index in [-0.39, 0.29) is 24.5 Å². The summed E-state index contributed by atoms with van der Waals surface area (Å²) in [6, 6.07) is 30.9. The molecule has 132 valence electrons. The van der Waals surface area contributed by atoms with E-state index in [2.05, 4.69) is 104 Å². The monoisotopic (exact) mass is 361 g/mol. The Kier molecular flexibility index (Phi) is 5.61. The molecule has 0 unspecified atom stereocenters. The standard InChI is InChI=1S/C24H23N.ClH/c1-17(21-15-7-11-19-9-3-5-13-23(19)21)25-18(2)22-16-8-12-20-10-4-6-14-24(20)22;/h3-18,25H,1-2H3;1H/t17-,18-;/m0./s1. The van der Waals surface area contributed by atoms with E-state index >= 15 is 0 Å². The van der Waals surface area contributed by atoms with Crippen molar-refractivity contribution in [2.24, 2.45) is 0 Å². The third-order valence-electron chi connectivity index (χ3n) is 5.08. The third-order valence-corrected chi connectivity index (χ3v) is 5.08. The Morgan fingerprint density at radius 3 is 1.38 bits per heavy atom. The van der Waals surface area contributed by atoms with Crippen molar-refractivity contribution in [1.29, 1.82) is 0 Å². The van der Waals surface area contributed by atoms with Gasteiger partial charge in [0, 0.05) is 12.1 Å². The number of hydrogen-bond donors (Lipinski definition) is 1. The second kappa shape index (κ2) is 7.90. The van der Waals surface area contributed by atoms with Crippen LogP contribution in [0.3, 0.4) is 0 Å². The van der Waals surface area contributed by atoms with Crippen molar-refractivity contribution in [3.8, 4) is 0 Å². The van der Waals surface area contributed by atoms with Gasteiger partial charge in [-0.2, -0.15) is 0 Å². The Hall–Kier alpha value is -2.35. The van der Waals surface area contributed by atoms with Crippen LogP contribution in [0.25, 0.3) is 21.5 Å². The molecule has 0 aliphatic carbocycles. The maximum Gasteiger partial charge on any atom is 0.0303 e. The predicted molar refractivity (Wildman–Crippen MR) is 115 cm³/mol. The lowest BCUT2D eigenvalue weighted by Crippen LogP contribution is -2.22. The second-order valence-corrected chi connectivity index (χ2v) is 6.75. The van der Waals surface area contributed by atoms with Crippen molar-refractivity contribution in [3.05, 3.63) is 96.1 Å². The van der Waals surface area contributed by atoms with E-state index in [1.165, 1.54) is 32.7 Å². The van der Waals surface area contributed by atoms with Crippen molar-refractivity contribution in [1.82, 2.24) is 5.32 Å². The van der Waals surface area contributed by atoms with Gasteiger partial charge in [-0.1, -0.05) is 84.9 Å². The van der Waals surface area contributed by atoms with Gasteiger partial charge in [0.15, 0.2) is 0 Å². The maximum atomic E-state index is 3.80. The molecule has 0 fully saturated rings. The summed E-state index contributed by atoms with van der Waals surface area (Å²) in [5.74, 6) is 0. The Balaban J connectivity index is 0.00000196. The molecule has 4 aromatic carbocycles. The molecule has 1 nitrogen and oxygen atoms in total. The molecule has 0 aliphatic rings. The molecule has 0 aliphatic heterocycles. The summed E-state index contributed by atoms with van der Waals surface area (Å²) in [6.07, 6.45) is 0. The molecule has 4 rings (SSSR count). The van der Waals surface area contributed by atoms with Crippen LogP contribution in [-0.4, -0.2) is 0 Å². The first-order valence-electron chi connectivity index (χ1n) is 8.95. The average Bonchev–Trinajstić information content (AvgIpc) is 2.67. The molecule has 2 heteroatoms. The van der Waals surface area contributed by atoms with Crippen molar-refractivity contribution < 1.29 is 0 Å². The zero-order valence-corrected chi connectivity index (χ0v) is 16.0. The Morgan fingerprint density at radius 1 is 0.538 bits per heavy atom. The minimum absolute atomic E-state index is 0. The van der Waals surface area contributed by atoms with Crippen LogP contribution in [0.1, 0.15) is 37.1 Å². The topological polar surface area (TPSA) is 12.0 Å². The lowest BCUT2D eigenvalue weighted by molar-refractivity contribution is 0.499. The van der Waals surface area contributed by atoms with Gasteiger partial charge in [0.2, 0.25) is 0 Å². The average molecular weight is 362 g/mol. The first-order chi connectivity index (χ1) is 12.2. The van der Waals surface area contributed by atoms with E-state index in [1.54, 1.807) is 0 Å². The summed E-state index contributed by atoms with van der Waals surface area (Å²) in [5.41, 5.74) is 2.70. The van der Waals surface area contributed by atoms with Crippen LogP contribution in [0, 0.1) is 0 Å². The summed E-state index contributed by atoms with van der Waals surface area (Å²) < 4.78 is 0. The van der Waals surface area contributed by atoms with Gasteiger partial charge in [-0.05, 0) is 46.5 Å². The van der Waals surface area contributed by atoms with Crippen LogP contribution in [0.5, 0.6) is 0 Å². The van der Waals surface area contributed by atoms with Crippen molar-refractivity contribution >= 4 is 34.0 Å². The van der Waals surface area contributed by atoms with Crippen molar-refractivity contribution in [2.75, 3.05) is 0 Å². The smallest absolute Gasteiger partial charge is 0.0303 e. The first kappa shape index (κ1) is 18.4. The van der Waals surface area contributed by atoms with E-state index in [1.807, 2.05) is 0 Å². The Morgan fingerprint density at radius 2 is 0.923 bits per heavy atom. The molecule has 0 bridgehead atoms. The molecule has 0 radical (unpaired) electrons. The van der Waals surface area contributed by atoms with E-state index in [0.29, 0.717) is 0 Å². The quantitative estimate of drug-likeness (QED) is 0.420. The molecule has 4 aromatic rings. The van der Waals surface area contributed by atoms with Crippen molar-refractivity contribution in [3.63, 3.8) is 0 Å². The summed E-state index contributed by atoms with van der Waals surface area (Å²) in [7, 11) is 0. The number of benzene rings is 4. The van der Waals surface area contributed by atoms with Gasteiger partial charge in [-0.25, -0.2) is 0 Å². The number of rotatable bonds is 4. The molecular weight excluding hydrogens is 338 g/mol. The highest BCUT2D eigenvalue weighted by Crippen LogP contribution is 2.29. The summed E-state index contributed by atoms with van der Waals surface area (Å²) in [4.78, 5) is 0. The lowest BCUT2D eigenvalue weighted by atomic mass is 9.96. The number of hydrogen-bond acceptors (Lipinski definition) is 1. The third kappa shape index (κ3) is 3.46. The molecule has 2 atom stereocenters. The van der Waals surface area contributed by atoms with E-state index in [9.17, 15) is 0 Å². The number of nitrogens with one attached hydrogen (secondary N) is 1. The van der Waals surface area contributed by atoms with Gasteiger partial charge in [0.25, 0.3) is 0 Å². The minimum atomic E-state index is 0. The zero-order valence-electron chi connectivity index (χ0n) is 15.1. The molecule has 0 heterocycles. The molecule has 0 saturated carbocycles. The fourth-order valence-corrected chi connectivity index (χ4v) is 3.81. The first-order valence-corrected chi connectivity index (χ1v) is 8.95. The van der Waals surface area contributed by atoms with Gasteiger partial charge < -0.3 is 5.32 Å². The SMILES string of the molecule is C[C@H](N[C@@H](C)c1cccc2ccccc12)c1cccc2ccccc12.Cl. The fraction of sp³-hybridized carbons (Fsp3) is 0.167. The molecule has 0 amide bonds. The van der Waals surface area contributed by atoms with E-state index in [0.717, 1.165) is 0 Å². The minimum Gasteiger partial charge on any atom is -0.304 e. The zero-order chi connectivity index (χ0) is 17.2. The van der Waals surface area contributed by atoms with E-state index < -0.39 is 0 Å². The van der Waals surface area contributed by atoms with Crippen LogP contribution in [-0.2, 0) is 0 Å². The van der Waals surface area contributed by atoms with Gasteiger partial charge in [0.05, 0.1) is 0 Å². The van der Waals surface area contributed by atoms with Gasteiger partial charge in [-0.15, -0.1) is 12.4 Å². The lowest BCUT2D eigenvalue weighted by Gasteiger charge is -2.23. The predicted octanol–water partition coefficient (Wildman–Crippen LogP) is 6.83. The van der Waals surface area contributed by atoms with E-state index in [4.69, 9.17) is 0 Å². The molecular formula is C24H24ClN. The normalized spacial score (nSPS) is 13.3. The molecule has 0 saturated heterocycles. The van der Waals surface area contributed by atoms with Crippen LogP contribution in [0.4, 0.5) is 0 Å². The molecule has 1 N–H and O–H groups in total. The van der Waals surface area contributed by atoms with Gasteiger partial charge in [0.1, 0.15) is 0 Å². The largest absolute Gasteiger partial charge is 0.304 e. The molecule has 0 spiro atoms. The fourth-order valence-electron chi connectivity index (χ4n) is 3.81. The summed E-state index contributed by atoms with van der Waals surface area (Å²) >= 11 is 0. The summed E-state index contributed by atoms with van der Waals surface area (Å²) in [5, 5.41) is 9.05. The van der Waals surface area contributed by atoms with Crippen LogP contribution < -0.4 is 5.32 Å². The van der Waals surface area contributed by atoms with Crippen LogP contribution >= 0.6 is 12.4 Å². The second-order valence-electron chi connectivity index (χ2n) is 6.75. The number of fused-ring (bicyclic) bond motifs is 2. The van der Waals surface area contributed by atoms with Gasteiger partial charge in [-0.3, -0.25) is 0 Å². The highest BCUT2D eigenvalue weighted by atomic mass is 35.5. The summed E-state index contributed by atoms with van der Waals surface area (Å²) in [6.45, 7) is 4.51.